The predicted octanol–water partition coefficient (Wildman–Crippen LogP) is 0.459. The van der Waals surface area contributed by atoms with Gasteiger partial charge in [-0.3, -0.25) is 9.80 Å². The van der Waals surface area contributed by atoms with Crippen molar-refractivity contribution >= 4 is 0 Å². The molecule has 0 spiro atoms. The zero-order valence-corrected chi connectivity index (χ0v) is 14.4. The van der Waals surface area contributed by atoms with Gasteiger partial charge in [-0.15, -0.1) is 5.10 Å². The topological polar surface area (TPSA) is 67.9 Å². The Balaban J connectivity index is 1.71. The van der Waals surface area contributed by atoms with Crippen molar-refractivity contribution in [3.8, 4) is 0 Å². The number of aryl methyl sites for hydroxylation is 2. The van der Waals surface area contributed by atoms with Gasteiger partial charge in [-0.1, -0.05) is 0 Å². The largest absolute Gasteiger partial charge is 0.336 e. The maximum Gasteiger partial charge on any atom is 0.164 e. The molecule has 1 aliphatic rings. The number of likely N-dealkylation sites (tertiary alicyclic amines) is 1. The molecule has 2 aromatic heterocycles. The molecule has 2 atom stereocenters. The monoisotopic (exact) mass is 318 g/mol. The minimum atomic E-state index is 0.413. The molecule has 0 aliphatic carbocycles. The van der Waals surface area contributed by atoms with E-state index in [0.717, 1.165) is 25.5 Å². The first-order chi connectivity index (χ1) is 11.1. The van der Waals surface area contributed by atoms with E-state index in [2.05, 4.69) is 56.0 Å². The van der Waals surface area contributed by atoms with Crippen LogP contribution >= 0.6 is 0 Å². The van der Waals surface area contributed by atoms with Gasteiger partial charge in [-0.25, -0.2) is 9.67 Å². The summed E-state index contributed by atoms with van der Waals surface area (Å²) in [5, 5.41) is 11.7. The first-order valence-electron chi connectivity index (χ1n) is 8.12. The first kappa shape index (κ1) is 16.1. The minimum Gasteiger partial charge on any atom is -0.336 e. The highest BCUT2D eigenvalue weighted by Crippen LogP contribution is 2.35. The molecular weight excluding hydrogens is 292 g/mol. The molecule has 3 rings (SSSR count). The van der Waals surface area contributed by atoms with E-state index in [1.807, 2.05) is 19.6 Å². The lowest BCUT2D eigenvalue weighted by Gasteiger charge is -2.40. The number of hydrogen-bond acceptors (Lipinski definition) is 6. The van der Waals surface area contributed by atoms with Crippen molar-refractivity contribution in [2.45, 2.75) is 25.4 Å². The third-order valence-electron chi connectivity index (χ3n) is 4.83. The number of rotatable bonds is 5. The summed E-state index contributed by atoms with van der Waals surface area (Å²) in [5.41, 5.74) is 1.30. The first-order valence-corrected chi connectivity index (χ1v) is 8.12. The van der Waals surface area contributed by atoms with Crippen molar-refractivity contribution in [2.75, 3.05) is 27.2 Å². The van der Waals surface area contributed by atoms with Crippen LogP contribution in [0.5, 0.6) is 0 Å². The Morgan fingerprint density at radius 2 is 2.13 bits per heavy atom. The Kier molecular flexibility index (Phi) is 4.72. The van der Waals surface area contributed by atoms with Crippen molar-refractivity contribution in [2.24, 2.45) is 20.0 Å². The molecular formula is C15H26N8. The third kappa shape index (κ3) is 3.42. The van der Waals surface area contributed by atoms with Gasteiger partial charge < -0.3 is 4.57 Å². The van der Waals surface area contributed by atoms with Gasteiger partial charge in [0.2, 0.25) is 0 Å². The highest BCUT2D eigenvalue weighted by molar-refractivity contribution is 5.08. The summed E-state index contributed by atoms with van der Waals surface area (Å²) < 4.78 is 3.88. The Hall–Kier alpha value is -1.80. The van der Waals surface area contributed by atoms with Crippen LogP contribution in [0.25, 0.3) is 0 Å². The van der Waals surface area contributed by atoms with Crippen molar-refractivity contribution in [3.05, 3.63) is 24.0 Å². The van der Waals surface area contributed by atoms with Crippen molar-refractivity contribution in [3.63, 3.8) is 0 Å². The van der Waals surface area contributed by atoms with Crippen LogP contribution in [0.4, 0.5) is 0 Å². The maximum absolute atomic E-state index is 4.31. The van der Waals surface area contributed by atoms with Crippen LogP contribution < -0.4 is 0 Å². The second-order valence-corrected chi connectivity index (χ2v) is 6.67. The van der Waals surface area contributed by atoms with Crippen LogP contribution in [0, 0.1) is 5.92 Å². The average Bonchev–Trinajstić information content (AvgIpc) is 3.09. The second-order valence-electron chi connectivity index (χ2n) is 6.67. The molecule has 8 nitrogen and oxygen atoms in total. The van der Waals surface area contributed by atoms with Gasteiger partial charge in [0.05, 0.1) is 24.6 Å². The fourth-order valence-electron chi connectivity index (χ4n) is 3.66. The number of nitrogens with zero attached hydrogens (tertiary/aromatic N) is 8. The smallest absolute Gasteiger partial charge is 0.164 e. The Labute approximate surface area is 137 Å². The van der Waals surface area contributed by atoms with Crippen LogP contribution in [0.2, 0.25) is 0 Å². The summed E-state index contributed by atoms with van der Waals surface area (Å²) in [6.45, 7) is 2.93. The molecule has 0 N–H and O–H groups in total. The molecule has 2 aromatic rings. The quantitative estimate of drug-likeness (QED) is 0.798. The molecule has 3 heterocycles. The second kappa shape index (κ2) is 6.76. The van der Waals surface area contributed by atoms with Crippen LogP contribution in [0.1, 0.15) is 30.4 Å². The molecule has 0 aromatic carbocycles. The van der Waals surface area contributed by atoms with Gasteiger partial charge in [0.15, 0.2) is 5.82 Å². The van der Waals surface area contributed by atoms with Gasteiger partial charge >= 0.3 is 0 Å². The van der Waals surface area contributed by atoms with E-state index < -0.39 is 0 Å². The van der Waals surface area contributed by atoms with E-state index in [9.17, 15) is 0 Å². The fraction of sp³-hybridized carbons (Fsp3) is 0.733. The molecule has 0 amide bonds. The Morgan fingerprint density at radius 3 is 2.78 bits per heavy atom. The summed E-state index contributed by atoms with van der Waals surface area (Å²) in [6, 6.07) is 0.413. The van der Waals surface area contributed by atoms with Crippen LogP contribution in [-0.2, 0) is 20.6 Å². The van der Waals surface area contributed by atoms with Crippen LogP contribution in [0.15, 0.2) is 12.5 Å². The lowest BCUT2D eigenvalue weighted by Crippen LogP contribution is -2.41. The SMILES string of the molecule is CN(Cc1nnnn1C)C[C@@H]1CCCN(C)[C@H]1c1cncn1C. The summed E-state index contributed by atoms with van der Waals surface area (Å²) in [7, 11) is 8.33. The molecule has 23 heavy (non-hydrogen) atoms. The van der Waals surface area contributed by atoms with Crippen LogP contribution in [-0.4, -0.2) is 66.7 Å². The normalized spacial score (nSPS) is 22.8. The fourth-order valence-corrected chi connectivity index (χ4v) is 3.66. The van der Waals surface area contributed by atoms with Gasteiger partial charge in [0.1, 0.15) is 0 Å². The summed E-state index contributed by atoms with van der Waals surface area (Å²) >= 11 is 0. The molecule has 1 aliphatic heterocycles. The number of tetrazole rings is 1. The van der Waals surface area contributed by atoms with E-state index in [-0.39, 0.29) is 0 Å². The molecule has 0 saturated carbocycles. The standard InChI is InChI=1S/C15H26N8/c1-20(10-14-17-18-19-23(14)4)9-12-6-5-7-21(2)15(12)13-8-16-11-22(13)3/h8,11-12,15H,5-7,9-10H2,1-4H3/t12-,15+/m0/s1. The number of piperidine rings is 1. The molecule has 0 unspecified atom stereocenters. The van der Waals surface area contributed by atoms with E-state index in [1.54, 1.807) is 4.68 Å². The summed E-state index contributed by atoms with van der Waals surface area (Å²) in [4.78, 5) is 9.09. The van der Waals surface area contributed by atoms with Gasteiger partial charge in [0, 0.05) is 26.8 Å². The van der Waals surface area contributed by atoms with Gasteiger partial charge in [0.25, 0.3) is 0 Å². The third-order valence-corrected chi connectivity index (χ3v) is 4.83. The number of hydrogen-bond donors (Lipinski definition) is 0. The zero-order chi connectivity index (χ0) is 16.4. The Morgan fingerprint density at radius 1 is 1.30 bits per heavy atom. The van der Waals surface area contributed by atoms with Gasteiger partial charge in [-0.05, 0) is 49.8 Å². The summed E-state index contributed by atoms with van der Waals surface area (Å²) in [5.74, 6) is 1.48. The molecule has 1 saturated heterocycles. The van der Waals surface area contributed by atoms with Crippen molar-refractivity contribution in [1.29, 1.82) is 0 Å². The Bertz CT molecular complexity index is 633. The lowest BCUT2D eigenvalue weighted by molar-refractivity contribution is 0.0871. The minimum absolute atomic E-state index is 0.413. The van der Waals surface area contributed by atoms with Gasteiger partial charge in [-0.2, -0.15) is 0 Å². The van der Waals surface area contributed by atoms with Crippen LogP contribution in [0.3, 0.4) is 0 Å². The lowest BCUT2D eigenvalue weighted by atomic mass is 9.87. The van der Waals surface area contributed by atoms with E-state index in [4.69, 9.17) is 0 Å². The maximum atomic E-state index is 4.31. The molecule has 0 radical (unpaired) electrons. The number of aromatic nitrogens is 6. The zero-order valence-electron chi connectivity index (χ0n) is 14.4. The average molecular weight is 318 g/mol. The van der Waals surface area contributed by atoms with E-state index in [0.29, 0.717) is 12.0 Å². The summed E-state index contributed by atoms with van der Waals surface area (Å²) in [6.07, 6.45) is 6.38. The van der Waals surface area contributed by atoms with Crippen molar-refractivity contribution in [1.82, 2.24) is 39.6 Å². The molecule has 126 valence electrons. The van der Waals surface area contributed by atoms with E-state index >= 15 is 0 Å². The van der Waals surface area contributed by atoms with E-state index in [1.165, 1.54) is 18.5 Å². The van der Waals surface area contributed by atoms with Crippen molar-refractivity contribution < 1.29 is 0 Å². The number of imidazole rings is 1. The predicted molar refractivity (Wildman–Crippen MR) is 86.4 cm³/mol. The highest BCUT2D eigenvalue weighted by atomic mass is 15.5. The molecule has 8 heteroatoms. The molecule has 1 fully saturated rings. The highest BCUT2D eigenvalue weighted by Gasteiger charge is 2.33. The molecule has 0 bridgehead atoms.